The van der Waals surface area contributed by atoms with Gasteiger partial charge in [0.15, 0.2) is 11.0 Å². The van der Waals surface area contributed by atoms with E-state index in [1.807, 2.05) is 6.92 Å². The number of amidine groups is 1. The fourth-order valence-electron chi connectivity index (χ4n) is 2.07. The highest BCUT2D eigenvalue weighted by Gasteiger charge is 2.09. The first-order valence-corrected chi connectivity index (χ1v) is 8.95. The topological polar surface area (TPSA) is 64.7 Å². The van der Waals surface area contributed by atoms with Crippen molar-refractivity contribution in [3.8, 4) is 5.75 Å². The molecule has 25 heavy (non-hydrogen) atoms. The molecule has 2 N–H and O–H groups in total. The van der Waals surface area contributed by atoms with Crippen LogP contribution in [0.4, 0.5) is 10.1 Å². The van der Waals surface area contributed by atoms with Gasteiger partial charge in [-0.15, -0.1) is 0 Å². The third-order valence-electron chi connectivity index (χ3n) is 3.28. The van der Waals surface area contributed by atoms with Gasteiger partial charge < -0.3 is 10.5 Å². The smallest absolute Gasteiger partial charge is 0.159 e. The van der Waals surface area contributed by atoms with Crippen LogP contribution in [0.1, 0.15) is 29.8 Å². The molecule has 0 aliphatic rings. The number of hydrogen-bond donors (Lipinski definition) is 1. The second kappa shape index (κ2) is 8.87. The molecule has 0 saturated carbocycles. The van der Waals surface area contributed by atoms with Crippen molar-refractivity contribution in [2.24, 2.45) is 10.7 Å². The minimum Gasteiger partial charge on any atom is -0.494 e. The molecule has 2 rings (SSSR count). The molecule has 2 aromatic rings. The van der Waals surface area contributed by atoms with Crippen LogP contribution < -0.4 is 10.5 Å². The van der Waals surface area contributed by atoms with Crippen molar-refractivity contribution in [1.29, 1.82) is 0 Å². The summed E-state index contributed by atoms with van der Waals surface area (Å²) in [5.41, 5.74) is 7.87. The Labute approximate surface area is 155 Å². The van der Waals surface area contributed by atoms with Crippen LogP contribution in [0.3, 0.4) is 0 Å². The first-order chi connectivity index (χ1) is 11.9. The first-order valence-electron chi connectivity index (χ1n) is 7.59. The van der Waals surface area contributed by atoms with Crippen LogP contribution in [0.25, 0.3) is 0 Å². The summed E-state index contributed by atoms with van der Waals surface area (Å²) in [7, 11) is 0. The molecule has 132 valence electrons. The Kier molecular flexibility index (Phi) is 6.84. The van der Waals surface area contributed by atoms with Crippen LogP contribution in [0, 0.1) is 5.82 Å². The molecule has 0 aromatic heterocycles. The number of thioether (sulfide) groups is 1. The summed E-state index contributed by atoms with van der Waals surface area (Å²) in [4.78, 5) is 15.8. The largest absolute Gasteiger partial charge is 0.494 e. The second-order valence-electron chi connectivity index (χ2n) is 5.15. The number of halogens is 2. The van der Waals surface area contributed by atoms with Crippen LogP contribution in [-0.4, -0.2) is 17.6 Å². The lowest BCUT2D eigenvalue weighted by atomic mass is 10.1. The molecule has 0 amide bonds. The van der Waals surface area contributed by atoms with E-state index in [1.54, 1.807) is 18.2 Å². The van der Waals surface area contributed by atoms with Gasteiger partial charge in [0.2, 0.25) is 0 Å². The molecule has 0 fully saturated rings. The average Bonchev–Trinajstić information content (AvgIpc) is 2.57. The van der Waals surface area contributed by atoms with Gasteiger partial charge in [-0.2, -0.15) is 0 Å². The number of carbonyl (C=O) groups is 1. The highest BCUT2D eigenvalue weighted by atomic mass is 35.5. The molecule has 4 nitrogen and oxygen atoms in total. The van der Waals surface area contributed by atoms with Crippen LogP contribution >= 0.6 is 23.4 Å². The van der Waals surface area contributed by atoms with Gasteiger partial charge in [0, 0.05) is 16.9 Å². The number of nitrogens with zero attached hydrogens (tertiary/aromatic N) is 1. The van der Waals surface area contributed by atoms with Crippen molar-refractivity contribution in [3.63, 3.8) is 0 Å². The molecule has 0 aliphatic heterocycles. The average molecular weight is 381 g/mol. The monoisotopic (exact) mass is 380 g/mol. The minimum absolute atomic E-state index is 0.00755. The minimum atomic E-state index is -0.505. The fraction of sp³-hybridized carbons (Fsp3) is 0.222. The van der Waals surface area contributed by atoms with Crippen LogP contribution in [0.15, 0.2) is 41.4 Å². The van der Waals surface area contributed by atoms with E-state index in [2.05, 4.69) is 4.99 Å². The number of rotatable bonds is 6. The zero-order chi connectivity index (χ0) is 18.4. The van der Waals surface area contributed by atoms with Crippen molar-refractivity contribution in [2.75, 3.05) is 6.61 Å². The van der Waals surface area contributed by atoms with E-state index in [4.69, 9.17) is 22.1 Å². The molecule has 0 aliphatic carbocycles. The Balaban J connectivity index is 2.15. The standard InChI is InChI=1S/C18H18ClFN2O2S/c1-3-24-17-7-4-12(11(2)23)8-13(17)10-25-18(21)22-14-5-6-16(20)15(19)9-14/h4-9H,3,10H2,1-2H3,(H2,21,22). The van der Waals surface area contributed by atoms with Gasteiger partial charge in [0.1, 0.15) is 11.6 Å². The molecule has 0 radical (unpaired) electrons. The van der Waals surface area contributed by atoms with Crippen molar-refractivity contribution < 1.29 is 13.9 Å². The maximum absolute atomic E-state index is 13.2. The van der Waals surface area contributed by atoms with E-state index in [9.17, 15) is 9.18 Å². The third kappa shape index (κ3) is 5.47. The van der Waals surface area contributed by atoms with Gasteiger partial charge in [0.25, 0.3) is 0 Å². The van der Waals surface area contributed by atoms with E-state index in [-0.39, 0.29) is 10.8 Å². The molecular formula is C18H18ClFN2O2S. The number of hydrogen-bond acceptors (Lipinski definition) is 4. The lowest BCUT2D eigenvalue weighted by molar-refractivity contribution is 0.101. The quantitative estimate of drug-likeness (QED) is 0.437. The molecule has 0 bridgehead atoms. The van der Waals surface area contributed by atoms with E-state index >= 15 is 0 Å². The highest BCUT2D eigenvalue weighted by molar-refractivity contribution is 8.13. The van der Waals surface area contributed by atoms with E-state index in [0.29, 0.717) is 34.5 Å². The molecule has 0 unspecified atom stereocenters. The van der Waals surface area contributed by atoms with Crippen LogP contribution in [0.5, 0.6) is 5.75 Å². The lowest BCUT2D eigenvalue weighted by Gasteiger charge is -2.11. The van der Waals surface area contributed by atoms with Crippen LogP contribution in [-0.2, 0) is 5.75 Å². The molecule has 0 spiro atoms. The number of ketones is 1. The summed E-state index contributed by atoms with van der Waals surface area (Å²) in [6, 6.07) is 9.45. The summed E-state index contributed by atoms with van der Waals surface area (Å²) in [6.45, 7) is 3.93. The number of benzene rings is 2. The van der Waals surface area contributed by atoms with Gasteiger partial charge in [-0.25, -0.2) is 9.38 Å². The van der Waals surface area contributed by atoms with Gasteiger partial charge in [-0.3, -0.25) is 4.79 Å². The Bertz CT molecular complexity index is 812. The van der Waals surface area contributed by atoms with Gasteiger partial charge in [0.05, 0.1) is 17.3 Å². The normalized spacial score (nSPS) is 11.4. The van der Waals surface area contributed by atoms with Crippen molar-refractivity contribution in [2.45, 2.75) is 19.6 Å². The first kappa shape index (κ1) is 19.3. The highest BCUT2D eigenvalue weighted by Crippen LogP contribution is 2.27. The third-order valence-corrected chi connectivity index (χ3v) is 4.42. The number of aliphatic imine (C=N–C) groups is 1. The van der Waals surface area contributed by atoms with Crippen LogP contribution in [0.2, 0.25) is 5.02 Å². The number of nitrogens with two attached hydrogens (primary N) is 1. The number of carbonyl (C=O) groups excluding carboxylic acids is 1. The number of ether oxygens (including phenoxy) is 1. The number of Topliss-reactive ketones (excluding diaryl/α,β-unsaturated/α-hetero) is 1. The summed E-state index contributed by atoms with van der Waals surface area (Å²) < 4.78 is 18.8. The van der Waals surface area contributed by atoms with Gasteiger partial charge >= 0.3 is 0 Å². The molecule has 2 aromatic carbocycles. The van der Waals surface area contributed by atoms with Crippen molar-refractivity contribution >= 4 is 40.0 Å². The molecule has 0 heterocycles. The Morgan fingerprint density at radius 3 is 2.72 bits per heavy atom. The maximum Gasteiger partial charge on any atom is 0.159 e. The van der Waals surface area contributed by atoms with E-state index in [0.717, 1.165) is 5.56 Å². The maximum atomic E-state index is 13.2. The van der Waals surface area contributed by atoms with E-state index in [1.165, 1.54) is 36.9 Å². The van der Waals surface area contributed by atoms with Gasteiger partial charge in [-0.1, -0.05) is 23.4 Å². The second-order valence-corrected chi connectivity index (χ2v) is 6.55. The Morgan fingerprint density at radius 2 is 2.08 bits per heavy atom. The Hall–Kier alpha value is -2.05. The zero-order valence-electron chi connectivity index (χ0n) is 13.9. The summed E-state index contributed by atoms with van der Waals surface area (Å²) in [6.07, 6.45) is 0. The van der Waals surface area contributed by atoms with Gasteiger partial charge in [-0.05, 0) is 50.2 Å². The summed E-state index contributed by atoms with van der Waals surface area (Å²) >= 11 is 7.03. The van der Waals surface area contributed by atoms with Crippen molar-refractivity contribution in [3.05, 3.63) is 58.4 Å². The Morgan fingerprint density at radius 1 is 1.32 bits per heavy atom. The fourth-order valence-corrected chi connectivity index (χ4v) is 2.95. The molecule has 0 atom stereocenters. The molecular weight excluding hydrogens is 363 g/mol. The van der Waals surface area contributed by atoms with Crippen molar-refractivity contribution in [1.82, 2.24) is 0 Å². The lowest BCUT2D eigenvalue weighted by Crippen LogP contribution is -2.07. The molecule has 7 heteroatoms. The predicted molar refractivity (Wildman–Crippen MR) is 102 cm³/mol. The van der Waals surface area contributed by atoms with E-state index < -0.39 is 5.82 Å². The summed E-state index contributed by atoms with van der Waals surface area (Å²) in [5, 5.41) is 0.296. The molecule has 0 saturated heterocycles. The zero-order valence-corrected chi connectivity index (χ0v) is 15.5. The summed E-state index contributed by atoms with van der Waals surface area (Å²) in [5.74, 6) is 0.671. The predicted octanol–water partition coefficient (Wildman–Crippen LogP) is 4.96. The SMILES string of the molecule is CCOc1ccc(C(C)=O)cc1CSC(N)=Nc1ccc(F)c(Cl)c1.